The number of carbonyl (C=O) groups excluding carboxylic acids is 1. The van der Waals surface area contributed by atoms with Crippen LogP contribution in [-0.2, 0) is 9.59 Å². The average Bonchev–Trinajstić information content (AvgIpc) is 2.20. The van der Waals surface area contributed by atoms with Gasteiger partial charge in [0, 0.05) is 6.42 Å². The lowest BCUT2D eigenvalue weighted by molar-refractivity contribution is -0.138. The fraction of sp³-hybridized carbons (Fsp3) is 0.273. The highest BCUT2D eigenvalue weighted by Crippen LogP contribution is 2.23. The largest absolute Gasteiger partial charge is 0.506 e. The van der Waals surface area contributed by atoms with Crippen molar-refractivity contribution >= 4 is 17.6 Å². The van der Waals surface area contributed by atoms with Crippen LogP contribution < -0.4 is 5.32 Å². The van der Waals surface area contributed by atoms with Crippen LogP contribution in [0.15, 0.2) is 18.2 Å². The van der Waals surface area contributed by atoms with E-state index in [4.69, 9.17) is 5.11 Å². The van der Waals surface area contributed by atoms with E-state index >= 15 is 0 Å². The number of carboxylic acids is 1. The standard InChI is InChI=1S/C11H13NO4/c1-7-2-3-9(13)8(6-7)12-10(14)4-5-11(15)16/h2-3,6,13H,4-5H2,1H3,(H,12,14)(H,15,16). The van der Waals surface area contributed by atoms with E-state index in [1.165, 1.54) is 6.07 Å². The monoisotopic (exact) mass is 223 g/mol. The van der Waals surface area contributed by atoms with Gasteiger partial charge in [0.05, 0.1) is 12.1 Å². The molecule has 0 unspecified atom stereocenters. The molecule has 0 aliphatic carbocycles. The van der Waals surface area contributed by atoms with Gasteiger partial charge in [-0.05, 0) is 24.6 Å². The summed E-state index contributed by atoms with van der Waals surface area (Å²) in [5.74, 6) is -1.49. The van der Waals surface area contributed by atoms with Gasteiger partial charge >= 0.3 is 5.97 Å². The zero-order valence-electron chi connectivity index (χ0n) is 8.86. The summed E-state index contributed by atoms with van der Waals surface area (Å²) >= 11 is 0. The molecule has 5 heteroatoms. The van der Waals surface area contributed by atoms with Crippen LogP contribution in [0.25, 0.3) is 0 Å². The number of nitrogens with one attached hydrogen (secondary N) is 1. The van der Waals surface area contributed by atoms with Gasteiger partial charge < -0.3 is 15.5 Å². The Bertz CT molecular complexity index is 414. The zero-order valence-corrected chi connectivity index (χ0v) is 8.86. The third-order valence-electron chi connectivity index (χ3n) is 1.99. The Morgan fingerprint density at radius 1 is 1.31 bits per heavy atom. The van der Waals surface area contributed by atoms with Crippen LogP contribution in [0.2, 0.25) is 0 Å². The number of benzene rings is 1. The average molecular weight is 223 g/mol. The van der Waals surface area contributed by atoms with Crippen molar-refractivity contribution in [3.05, 3.63) is 23.8 Å². The van der Waals surface area contributed by atoms with Crippen molar-refractivity contribution in [2.75, 3.05) is 5.32 Å². The number of amides is 1. The van der Waals surface area contributed by atoms with Gasteiger partial charge in [-0.25, -0.2) is 0 Å². The quantitative estimate of drug-likeness (QED) is 0.675. The lowest BCUT2D eigenvalue weighted by Crippen LogP contribution is -2.13. The maximum absolute atomic E-state index is 11.3. The van der Waals surface area contributed by atoms with Gasteiger partial charge in [-0.15, -0.1) is 0 Å². The molecule has 1 amide bonds. The number of rotatable bonds is 4. The fourth-order valence-electron chi connectivity index (χ4n) is 1.18. The van der Waals surface area contributed by atoms with E-state index in [0.717, 1.165) is 5.56 Å². The first-order valence-electron chi connectivity index (χ1n) is 4.80. The van der Waals surface area contributed by atoms with Crippen LogP contribution in [-0.4, -0.2) is 22.1 Å². The molecule has 5 nitrogen and oxygen atoms in total. The molecule has 3 N–H and O–H groups in total. The first-order valence-corrected chi connectivity index (χ1v) is 4.80. The number of phenolic OH excluding ortho intramolecular Hbond substituents is 1. The van der Waals surface area contributed by atoms with Gasteiger partial charge in [0.15, 0.2) is 0 Å². The molecule has 0 saturated heterocycles. The van der Waals surface area contributed by atoms with E-state index < -0.39 is 11.9 Å². The Hall–Kier alpha value is -2.04. The minimum absolute atomic E-state index is 0.0331. The third-order valence-corrected chi connectivity index (χ3v) is 1.99. The Labute approximate surface area is 92.7 Å². The fourth-order valence-corrected chi connectivity index (χ4v) is 1.18. The second-order valence-electron chi connectivity index (χ2n) is 3.46. The molecule has 0 aliphatic rings. The lowest BCUT2D eigenvalue weighted by Gasteiger charge is -2.07. The summed E-state index contributed by atoms with van der Waals surface area (Å²) in [7, 11) is 0. The summed E-state index contributed by atoms with van der Waals surface area (Å²) in [5.41, 5.74) is 1.20. The van der Waals surface area contributed by atoms with Crippen molar-refractivity contribution in [1.82, 2.24) is 0 Å². The minimum Gasteiger partial charge on any atom is -0.506 e. The molecule has 0 saturated carbocycles. The molecule has 0 bridgehead atoms. The molecular weight excluding hydrogens is 210 g/mol. The molecule has 16 heavy (non-hydrogen) atoms. The van der Waals surface area contributed by atoms with Crippen LogP contribution in [0.1, 0.15) is 18.4 Å². The lowest BCUT2D eigenvalue weighted by atomic mass is 10.2. The topological polar surface area (TPSA) is 86.6 Å². The van der Waals surface area contributed by atoms with Crippen LogP contribution in [0.5, 0.6) is 5.75 Å². The van der Waals surface area contributed by atoms with Crippen molar-refractivity contribution in [3.63, 3.8) is 0 Å². The predicted octanol–water partition coefficient (Wildman–Crippen LogP) is 1.50. The smallest absolute Gasteiger partial charge is 0.303 e. The van der Waals surface area contributed by atoms with Crippen LogP contribution in [0.3, 0.4) is 0 Å². The maximum Gasteiger partial charge on any atom is 0.303 e. The van der Waals surface area contributed by atoms with E-state index in [0.29, 0.717) is 5.69 Å². The first-order chi connectivity index (χ1) is 7.49. The normalized spacial score (nSPS) is 9.81. The molecule has 1 aromatic rings. The summed E-state index contributed by atoms with van der Waals surface area (Å²) in [6.45, 7) is 1.83. The molecular formula is C11H13NO4. The minimum atomic E-state index is -1.02. The summed E-state index contributed by atoms with van der Waals surface area (Å²) in [4.78, 5) is 21.5. The van der Waals surface area contributed by atoms with Gasteiger partial charge in [0.1, 0.15) is 5.75 Å². The highest BCUT2D eigenvalue weighted by atomic mass is 16.4. The number of carboxylic acid groups (broad SMARTS) is 1. The molecule has 1 rings (SSSR count). The molecule has 1 aromatic carbocycles. The van der Waals surface area contributed by atoms with Gasteiger partial charge in [-0.1, -0.05) is 6.07 Å². The summed E-state index contributed by atoms with van der Waals surface area (Å²) in [6, 6.07) is 4.80. The zero-order chi connectivity index (χ0) is 12.1. The molecule has 0 aromatic heterocycles. The third kappa shape index (κ3) is 3.61. The van der Waals surface area contributed by atoms with Crippen molar-refractivity contribution < 1.29 is 19.8 Å². The van der Waals surface area contributed by atoms with E-state index in [1.807, 2.05) is 6.92 Å². The second-order valence-corrected chi connectivity index (χ2v) is 3.46. The highest BCUT2D eigenvalue weighted by molar-refractivity contribution is 5.93. The van der Waals surface area contributed by atoms with Crippen molar-refractivity contribution in [3.8, 4) is 5.75 Å². The molecule has 0 radical (unpaired) electrons. The molecule has 0 spiro atoms. The van der Waals surface area contributed by atoms with E-state index in [9.17, 15) is 14.7 Å². The Morgan fingerprint density at radius 2 is 2.00 bits per heavy atom. The second kappa shape index (κ2) is 5.16. The van der Waals surface area contributed by atoms with E-state index in [1.54, 1.807) is 12.1 Å². The highest BCUT2D eigenvalue weighted by Gasteiger charge is 2.08. The Morgan fingerprint density at radius 3 is 2.62 bits per heavy atom. The summed E-state index contributed by atoms with van der Waals surface area (Å²) < 4.78 is 0. The number of hydrogen-bond donors (Lipinski definition) is 3. The van der Waals surface area contributed by atoms with Crippen molar-refractivity contribution in [2.24, 2.45) is 0 Å². The molecule has 0 heterocycles. The SMILES string of the molecule is Cc1ccc(O)c(NC(=O)CCC(=O)O)c1. The van der Waals surface area contributed by atoms with Crippen LogP contribution >= 0.6 is 0 Å². The van der Waals surface area contributed by atoms with Gasteiger partial charge in [0.2, 0.25) is 5.91 Å². The van der Waals surface area contributed by atoms with Gasteiger partial charge in [0.25, 0.3) is 0 Å². The van der Waals surface area contributed by atoms with Crippen molar-refractivity contribution in [2.45, 2.75) is 19.8 Å². The van der Waals surface area contributed by atoms with Gasteiger partial charge in [-0.2, -0.15) is 0 Å². The van der Waals surface area contributed by atoms with Crippen LogP contribution in [0.4, 0.5) is 5.69 Å². The summed E-state index contributed by atoms with van der Waals surface area (Å²) in [5, 5.41) is 20.3. The molecule has 0 atom stereocenters. The number of hydrogen-bond acceptors (Lipinski definition) is 3. The van der Waals surface area contributed by atoms with E-state index in [2.05, 4.69) is 5.32 Å². The van der Waals surface area contributed by atoms with Gasteiger partial charge in [-0.3, -0.25) is 9.59 Å². The number of anilines is 1. The molecule has 0 aliphatic heterocycles. The van der Waals surface area contributed by atoms with Crippen LogP contribution in [0, 0.1) is 6.92 Å². The number of aliphatic carboxylic acids is 1. The number of aryl methyl sites for hydroxylation is 1. The maximum atomic E-state index is 11.3. The number of carbonyl (C=O) groups is 2. The summed E-state index contributed by atoms with van der Waals surface area (Å²) in [6.07, 6.45) is -0.332. The predicted molar refractivity (Wildman–Crippen MR) is 58.3 cm³/mol. The first kappa shape index (κ1) is 12.0. The Kier molecular flexibility index (Phi) is 3.88. The van der Waals surface area contributed by atoms with E-state index in [-0.39, 0.29) is 18.6 Å². The Balaban J connectivity index is 2.62. The molecule has 0 fully saturated rings. The molecule has 86 valence electrons. The number of aromatic hydroxyl groups is 1. The number of phenols is 1. The van der Waals surface area contributed by atoms with Crippen molar-refractivity contribution in [1.29, 1.82) is 0 Å².